The number of nitrogen functional groups attached to an aromatic ring is 1. The largest absolute Gasteiger partial charge is 0.422 e. The van der Waals surface area contributed by atoms with Crippen LogP contribution < -0.4 is 27.5 Å². The summed E-state index contributed by atoms with van der Waals surface area (Å²) in [5, 5.41) is 0.795. The van der Waals surface area contributed by atoms with E-state index >= 15 is 0 Å². The van der Waals surface area contributed by atoms with Crippen molar-refractivity contribution >= 4 is 22.5 Å². The Bertz CT molecular complexity index is 1500. The first-order valence-corrected chi connectivity index (χ1v) is 10.7. The molecule has 4 rings (SSSR count). The van der Waals surface area contributed by atoms with Gasteiger partial charge in [0.15, 0.2) is 0 Å². The third-order valence-electron chi connectivity index (χ3n) is 5.97. The third-order valence-corrected chi connectivity index (χ3v) is 5.97. The van der Waals surface area contributed by atoms with E-state index in [1.807, 2.05) is 63.2 Å². The zero-order valence-corrected chi connectivity index (χ0v) is 18.8. The molecule has 0 aliphatic rings. The van der Waals surface area contributed by atoms with E-state index in [0.717, 1.165) is 22.1 Å². The summed E-state index contributed by atoms with van der Waals surface area (Å²) in [7, 11) is 0. The van der Waals surface area contributed by atoms with Gasteiger partial charge < -0.3 is 15.1 Å². The van der Waals surface area contributed by atoms with E-state index in [4.69, 9.17) is 10.2 Å². The molecule has 0 aliphatic heterocycles. The van der Waals surface area contributed by atoms with Gasteiger partial charge in [-0.1, -0.05) is 42.5 Å². The molecule has 2 aromatic carbocycles. The van der Waals surface area contributed by atoms with Crippen LogP contribution in [0, 0.1) is 13.8 Å². The highest BCUT2D eigenvalue weighted by molar-refractivity contribution is 5.84. The molecule has 3 N–H and O–H groups in total. The number of aromatic amines is 1. The first-order valence-electron chi connectivity index (χ1n) is 10.7. The molecule has 170 valence electrons. The van der Waals surface area contributed by atoms with Crippen LogP contribution in [0.15, 0.2) is 67.3 Å². The first-order chi connectivity index (χ1) is 15.8. The van der Waals surface area contributed by atoms with Gasteiger partial charge in [-0.2, -0.15) is 0 Å². The van der Waals surface area contributed by atoms with Gasteiger partial charge in [0.1, 0.15) is 17.1 Å². The minimum Gasteiger partial charge on any atom is -0.422 e. The van der Waals surface area contributed by atoms with Crippen LogP contribution in [-0.4, -0.2) is 16.1 Å². The minimum absolute atomic E-state index is 0.0775. The lowest BCUT2D eigenvalue weighted by Crippen LogP contribution is -2.38. The molecule has 0 saturated heterocycles. The van der Waals surface area contributed by atoms with E-state index in [0.29, 0.717) is 17.7 Å². The summed E-state index contributed by atoms with van der Waals surface area (Å²) in [4.78, 5) is 41.8. The number of rotatable bonds is 6. The van der Waals surface area contributed by atoms with E-state index in [9.17, 15) is 14.4 Å². The van der Waals surface area contributed by atoms with E-state index in [1.165, 1.54) is 10.6 Å². The molecule has 33 heavy (non-hydrogen) atoms. The lowest BCUT2D eigenvalue weighted by Gasteiger charge is -2.25. The summed E-state index contributed by atoms with van der Waals surface area (Å²) in [6.45, 7) is 6.65. The van der Waals surface area contributed by atoms with E-state index in [2.05, 4.69) is 4.98 Å². The Labute approximate surface area is 189 Å². The van der Waals surface area contributed by atoms with Gasteiger partial charge in [-0.15, -0.1) is 0 Å². The maximum absolute atomic E-state index is 12.8. The van der Waals surface area contributed by atoms with Gasteiger partial charge in [0.25, 0.3) is 5.56 Å². The molecule has 0 fully saturated rings. The average molecular weight is 447 g/mol. The zero-order chi connectivity index (χ0) is 23.7. The molecule has 2 heterocycles. The van der Waals surface area contributed by atoms with Crippen molar-refractivity contribution in [1.29, 1.82) is 0 Å². The molecule has 8 heteroatoms. The fourth-order valence-corrected chi connectivity index (χ4v) is 4.02. The third kappa shape index (κ3) is 4.19. The van der Waals surface area contributed by atoms with Gasteiger partial charge in [0.2, 0.25) is 0 Å². The Morgan fingerprint density at radius 3 is 2.48 bits per heavy atom. The Kier molecular flexibility index (Phi) is 5.91. The van der Waals surface area contributed by atoms with E-state index in [1.54, 1.807) is 4.90 Å². The van der Waals surface area contributed by atoms with Crippen molar-refractivity contribution < 1.29 is 4.42 Å². The Hall–Kier alpha value is -4.07. The van der Waals surface area contributed by atoms with Gasteiger partial charge in [-0.05, 0) is 43.0 Å². The van der Waals surface area contributed by atoms with E-state index < -0.39 is 16.9 Å². The molecule has 0 saturated carbocycles. The summed E-state index contributed by atoms with van der Waals surface area (Å²) < 4.78 is 6.82. The lowest BCUT2D eigenvalue weighted by molar-refractivity contribution is 0.555. The monoisotopic (exact) mass is 446 g/mol. The molecule has 0 amide bonds. The number of benzene rings is 2. The standard InChI is InChI=1S/C25H26N4O4/c1-4-28(14-18-12-20(30)33-22-16(3)15(2)10-11-19(18)22)21-23(26)29(25(32)27-24(21)31)13-17-8-6-5-7-9-17/h5-12H,4,13-14,26H2,1-3H3,(H,27,31,32). The number of hydrogen-bond acceptors (Lipinski definition) is 6. The van der Waals surface area contributed by atoms with Crippen molar-refractivity contribution in [2.24, 2.45) is 0 Å². The van der Waals surface area contributed by atoms with Crippen molar-refractivity contribution in [1.82, 2.24) is 9.55 Å². The Morgan fingerprint density at radius 1 is 1.06 bits per heavy atom. The molecule has 0 bridgehead atoms. The molecular formula is C25H26N4O4. The number of H-pyrrole nitrogens is 1. The maximum Gasteiger partial charge on any atom is 0.336 e. The summed E-state index contributed by atoms with van der Waals surface area (Å²) >= 11 is 0. The summed E-state index contributed by atoms with van der Waals surface area (Å²) in [6, 6.07) is 14.7. The van der Waals surface area contributed by atoms with Gasteiger partial charge in [0.05, 0.1) is 6.54 Å². The molecule has 0 radical (unpaired) electrons. The van der Waals surface area contributed by atoms with Crippen LogP contribution in [0.25, 0.3) is 11.0 Å². The number of aromatic nitrogens is 2. The maximum atomic E-state index is 12.8. The van der Waals surface area contributed by atoms with E-state index in [-0.39, 0.29) is 24.6 Å². The van der Waals surface area contributed by atoms with Crippen molar-refractivity contribution in [2.75, 3.05) is 17.2 Å². The number of hydrogen-bond donors (Lipinski definition) is 2. The summed E-state index contributed by atoms with van der Waals surface area (Å²) in [5.74, 6) is 0.0775. The van der Waals surface area contributed by atoms with Gasteiger partial charge >= 0.3 is 11.3 Å². The number of anilines is 2. The highest BCUT2D eigenvalue weighted by Crippen LogP contribution is 2.26. The van der Waals surface area contributed by atoms with Crippen LogP contribution in [0.3, 0.4) is 0 Å². The summed E-state index contributed by atoms with van der Waals surface area (Å²) in [5.41, 5.74) is 9.00. The molecule has 8 nitrogen and oxygen atoms in total. The highest BCUT2D eigenvalue weighted by Gasteiger charge is 2.20. The van der Waals surface area contributed by atoms with Gasteiger partial charge in [-0.3, -0.25) is 14.3 Å². The van der Waals surface area contributed by atoms with Crippen LogP contribution in [0.1, 0.15) is 29.2 Å². The molecule has 0 aliphatic carbocycles. The van der Waals surface area contributed by atoms with Gasteiger partial charge in [-0.25, -0.2) is 9.59 Å². The highest BCUT2D eigenvalue weighted by atomic mass is 16.4. The molecule has 4 aromatic rings. The first kappa shape index (κ1) is 22.1. The topological polar surface area (TPSA) is 114 Å². The SMILES string of the molecule is CCN(Cc1cc(=O)oc2c(C)c(C)ccc12)c1c(N)n(Cc2ccccc2)c(=O)[nH]c1=O. The lowest BCUT2D eigenvalue weighted by atomic mass is 10.0. The Balaban J connectivity index is 1.82. The molecular weight excluding hydrogens is 420 g/mol. The van der Waals surface area contributed by atoms with Crippen molar-refractivity contribution in [2.45, 2.75) is 33.9 Å². The van der Waals surface area contributed by atoms with Crippen LogP contribution in [0.4, 0.5) is 11.5 Å². The van der Waals surface area contributed by atoms with Gasteiger partial charge in [0, 0.05) is 24.5 Å². The molecule has 0 atom stereocenters. The average Bonchev–Trinajstić information content (AvgIpc) is 2.79. The van der Waals surface area contributed by atoms with Crippen LogP contribution in [0.2, 0.25) is 0 Å². The predicted molar refractivity (Wildman–Crippen MR) is 130 cm³/mol. The van der Waals surface area contributed by atoms with Crippen molar-refractivity contribution in [3.05, 3.63) is 102 Å². The zero-order valence-electron chi connectivity index (χ0n) is 18.8. The van der Waals surface area contributed by atoms with Crippen LogP contribution >= 0.6 is 0 Å². The molecule has 0 unspecified atom stereocenters. The number of nitrogens with one attached hydrogen (secondary N) is 1. The second-order valence-electron chi connectivity index (χ2n) is 8.05. The number of fused-ring (bicyclic) bond motifs is 1. The Morgan fingerprint density at radius 2 is 1.79 bits per heavy atom. The second kappa shape index (κ2) is 8.82. The molecule has 0 spiro atoms. The van der Waals surface area contributed by atoms with Crippen molar-refractivity contribution in [3.8, 4) is 0 Å². The number of aryl methyl sites for hydroxylation is 2. The normalized spacial score (nSPS) is 11.1. The predicted octanol–water partition coefficient (Wildman–Crippen LogP) is 2.92. The molecule has 2 aromatic heterocycles. The second-order valence-corrected chi connectivity index (χ2v) is 8.05. The van der Waals surface area contributed by atoms with Crippen LogP contribution in [0.5, 0.6) is 0 Å². The van der Waals surface area contributed by atoms with Crippen molar-refractivity contribution in [3.63, 3.8) is 0 Å². The fourth-order valence-electron chi connectivity index (χ4n) is 4.02. The fraction of sp³-hybridized carbons (Fsp3) is 0.240. The van der Waals surface area contributed by atoms with Crippen LogP contribution in [-0.2, 0) is 13.1 Å². The smallest absolute Gasteiger partial charge is 0.336 e. The minimum atomic E-state index is -0.571. The number of nitrogens with zero attached hydrogens (tertiary/aromatic N) is 2. The summed E-state index contributed by atoms with van der Waals surface area (Å²) in [6.07, 6.45) is 0. The number of nitrogens with two attached hydrogens (primary N) is 1. The quantitative estimate of drug-likeness (QED) is 0.440.